The first-order valence-electron chi connectivity index (χ1n) is 7.73. The molecule has 1 aromatic heterocycles. The number of pyridine rings is 1. The van der Waals surface area contributed by atoms with E-state index >= 15 is 0 Å². The molecule has 1 aliphatic heterocycles. The highest BCUT2D eigenvalue weighted by Crippen LogP contribution is 2.42. The fourth-order valence-electron chi connectivity index (χ4n) is 3.13. The van der Waals surface area contributed by atoms with E-state index in [0.717, 1.165) is 11.5 Å². The van der Waals surface area contributed by atoms with Crippen molar-refractivity contribution in [3.05, 3.63) is 72.4 Å². The number of para-hydroxylation sites is 2. The van der Waals surface area contributed by atoms with Crippen LogP contribution in [-0.4, -0.2) is 6.34 Å². The standard InChI is InChI=1S/C20H18N3/c1-15-8-7-10-17-16-9-3-4-11-18(16)21-14-23(20(15)17)19-12-5-6-13-22(19)2/h3-14H,1-2H3/q+1. The average Bonchev–Trinajstić information content (AvgIpc) is 2.74. The Bertz CT molecular complexity index is 912. The Hall–Kier alpha value is -2.94. The molecule has 23 heavy (non-hydrogen) atoms. The van der Waals surface area contributed by atoms with E-state index in [9.17, 15) is 0 Å². The molecule has 1 aliphatic rings. The van der Waals surface area contributed by atoms with Crippen molar-refractivity contribution in [3.63, 3.8) is 0 Å². The van der Waals surface area contributed by atoms with Gasteiger partial charge in [0.2, 0.25) is 0 Å². The zero-order chi connectivity index (χ0) is 15.8. The number of hydrogen-bond donors (Lipinski definition) is 0. The third kappa shape index (κ3) is 2.21. The van der Waals surface area contributed by atoms with Gasteiger partial charge in [0.1, 0.15) is 5.69 Å². The summed E-state index contributed by atoms with van der Waals surface area (Å²) in [5.74, 6) is 1.08. The first kappa shape index (κ1) is 13.7. The summed E-state index contributed by atoms with van der Waals surface area (Å²) in [6.45, 7) is 2.15. The summed E-state index contributed by atoms with van der Waals surface area (Å²) in [5, 5.41) is 0. The van der Waals surface area contributed by atoms with E-state index in [1.807, 2.05) is 18.5 Å². The van der Waals surface area contributed by atoms with Gasteiger partial charge in [0, 0.05) is 17.2 Å². The van der Waals surface area contributed by atoms with Crippen LogP contribution in [0.25, 0.3) is 11.1 Å². The molecular formula is C20H18N3+. The van der Waals surface area contributed by atoms with Crippen molar-refractivity contribution in [2.75, 3.05) is 4.90 Å². The molecule has 4 rings (SSSR count). The highest BCUT2D eigenvalue weighted by Gasteiger charge is 2.27. The molecule has 0 spiro atoms. The predicted molar refractivity (Wildman–Crippen MR) is 94.5 cm³/mol. The van der Waals surface area contributed by atoms with Gasteiger partial charge in [0.25, 0.3) is 5.82 Å². The summed E-state index contributed by atoms with van der Waals surface area (Å²) in [4.78, 5) is 6.90. The van der Waals surface area contributed by atoms with Gasteiger partial charge < -0.3 is 0 Å². The Morgan fingerprint density at radius 2 is 1.65 bits per heavy atom. The molecule has 0 unspecified atom stereocenters. The second-order valence-corrected chi connectivity index (χ2v) is 5.77. The van der Waals surface area contributed by atoms with Gasteiger partial charge in [0.05, 0.1) is 18.9 Å². The second-order valence-electron chi connectivity index (χ2n) is 5.77. The Labute approximate surface area is 136 Å². The van der Waals surface area contributed by atoms with Crippen LogP contribution >= 0.6 is 0 Å². The van der Waals surface area contributed by atoms with Gasteiger partial charge in [0.15, 0.2) is 6.34 Å². The van der Waals surface area contributed by atoms with Crippen LogP contribution in [0.1, 0.15) is 5.56 Å². The number of aliphatic imine (C=N–C) groups is 1. The molecule has 3 heteroatoms. The fourth-order valence-corrected chi connectivity index (χ4v) is 3.13. The molecule has 0 N–H and O–H groups in total. The number of rotatable bonds is 1. The molecular weight excluding hydrogens is 282 g/mol. The van der Waals surface area contributed by atoms with Gasteiger partial charge >= 0.3 is 0 Å². The quantitative estimate of drug-likeness (QED) is 0.613. The number of nitrogens with zero attached hydrogens (tertiary/aromatic N) is 3. The lowest BCUT2D eigenvalue weighted by Gasteiger charge is -2.17. The van der Waals surface area contributed by atoms with Crippen molar-refractivity contribution >= 4 is 23.5 Å². The molecule has 0 aliphatic carbocycles. The lowest BCUT2D eigenvalue weighted by molar-refractivity contribution is -0.658. The molecule has 0 atom stereocenters. The first-order chi connectivity index (χ1) is 11.3. The SMILES string of the molecule is Cc1cccc2c1N(c1cccc[n+]1C)C=Nc1ccccc1-2. The van der Waals surface area contributed by atoms with Gasteiger partial charge in [-0.3, -0.25) is 0 Å². The molecule has 0 saturated heterocycles. The lowest BCUT2D eigenvalue weighted by atomic mass is 9.99. The maximum absolute atomic E-state index is 4.73. The molecule has 0 amide bonds. The van der Waals surface area contributed by atoms with E-state index < -0.39 is 0 Å². The summed E-state index contributed by atoms with van der Waals surface area (Å²) in [5.41, 5.74) is 5.79. The van der Waals surface area contributed by atoms with Gasteiger partial charge in [-0.05, 0) is 30.7 Å². The van der Waals surface area contributed by atoms with Crippen molar-refractivity contribution in [3.8, 4) is 11.1 Å². The smallest absolute Gasteiger partial charge is 0.237 e. The second kappa shape index (κ2) is 5.36. The monoisotopic (exact) mass is 300 g/mol. The van der Waals surface area contributed by atoms with E-state index in [4.69, 9.17) is 4.99 Å². The Balaban J connectivity index is 2.03. The molecule has 0 bridgehead atoms. The highest BCUT2D eigenvalue weighted by atomic mass is 15.2. The van der Waals surface area contributed by atoms with Crippen LogP contribution in [0.4, 0.5) is 17.2 Å². The van der Waals surface area contributed by atoms with E-state index in [1.54, 1.807) is 0 Å². The van der Waals surface area contributed by atoms with E-state index in [2.05, 4.69) is 78.2 Å². The Morgan fingerprint density at radius 1 is 0.870 bits per heavy atom. The minimum Gasteiger partial charge on any atom is -0.237 e. The zero-order valence-corrected chi connectivity index (χ0v) is 13.3. The minimum absolute atomic E-state index is 1.00. The maximum Gasteiger partial charge on any atom is 0.287 e. The van der Waals surface area contributed by atoms with Gasteiger partial charge in [-0.15, -0.1) is 0 Å². The molecule has 3 nitrogen and oxygen atoms in total. The Kier molecular flexibility index (Phi) is 3.19. The summed E-state index contributed by atoms with van der Waals surface area (Å²) >= 11 is 0. The van der Waals surface area contributed by atoms with Gasteiger partial charge in [-0.25, -0.2) is 9.56 Å². The van der Waals surface area contributed by atoms with Crippen LogP contribution in [0, 0.1) is 6.92 Å². The van der Waals surface area contributed by atoms with Crippen LogP contribution in [0.5, 0.6) is 0 Å². The number of anilines is 2. The number of aromatic nitrogens is 1. The molecule has 3 aromatic rings. The third-order valence-electron chi connectivity index (χ3n) is 4.26. The summed E-state index contributed by atoms with van der Waals surface area (Å²) in [7, 11) is 2.05. The van der Waals surface area contributed by atoms with Crippen LogP contribution in [0.3, 0.4) is 0 Å². The fraction of sp³-hybridized carbons (Fsp3) is 0.100. The zero-order valence-electron chi connectivity index (χ0n) is 13.3. The largest absolute Gasteiger partial charge is 0.287 e. The topological polar surface area (TPSA) is 19.5 Å². The predicted octanol–water partition coefficient (Wildman–Crippen LogP) is 4.30. The normalized spacial score (nSPS) is 12.5. The van der Waals surface area contributed by atoms with Crippen molar-refractivity contribution in [2.24, 2.45) is 12.0 Å². The minimum atomic E-state index is 1.00. The lowest BCUT2D eigenvalue weighted by Crippen LogP contribution is -2.36. The van der Waals surface area contributed by atoms with E-state index in [-0.39, 0.29) is 0 Å². The van der Waals surface area contributed by atoms with E-state index in [1.165, 1.54) is 22.4 Å². The molecule has 2 aromatic carbocycles. The van der Waals surface area contributed by atoms with Gasteiger partial charge in [-0.1, -0.05) is 36.4 Å². The molecule has 0 fully saturated rings. The molecule has 112 valence electrons. The summed E-state index contributed by atoms with van der Waals surface area (Å²) < 4.78 is 2.11. The van der Waals surface area contributed by atoms with Crippen molar-refractivity contribution in [2.45, 2.75) is 6.92 Å². The van der Waals surface area contributed by atoms with E-state index in [0.29, 0.717) is 0 Å². The third-order valence-corrected chi connectivity index (χ3v) is 4.26. The summed E-state index contributed by atoms with van der Waals surface area (Å²) in [6, 6.07) is 20.9. The average molecular weight is 300 g/mol. The molecule has 2 heterocycles. The van der Waals surface area contributed by atoms with Crippen LogP contribution in [-0.2, 0) is 7.05 Å². The maximum atomic E-state index is 4.73. The molecule has 0 radical (unpaired) electrons. The summed E-state index contributed by atoms with van der Waals surface area (Å²) in [6.07, 6.45) is 3.98. The van der Waals surface area contributed by atoms with Crippen molar-refractivity contribution in [1.29, 1.82) is 0 Å². The number of aryl methyl sites for hydroxylation is 2. The number of hydrogen-bond acceptors (Lipinski definition) is 2. The Morgan fingerprint density at radius 3 is 2.52 bits per heavy atom. The van der Waals surface area contributed by atoms with Crippen molar-refractivity contribution < 1.29 is 4.57 Å². The first-order valence-corrected chi connectivity index (χ1v) is 7.73. The van der Waals surface area contributed by atoms with Crippen molar-refractivity contribution in [1.82, 2.24) is 0 Å². The highest BCUT2D eigenvalue weighted by molar-refractivity contribution is 6.01. The van der Waals surface area contributed by atoms with Crippen LogP contribution < -0.4 is 9.47 Å². The number of fused-ring (bicyclic) bond motifs is 3. The van der Waals surface area contributed by atoms with Crippen LogP contribution in [0.2, 0.25) is 0 Å². The van der Waals surface area contributed by atoms with Crippen LogP contribution in [0.15, 0.2) is 71.9 Å². The van der Waals surface area contributed by atoms with Gasteiger partial charge in [-0.2, -0.15) is 4.90 Å². The molecule has 0 saturated carbocycles. The number of benzene rings is 2.